The lowest BCUT2D eigenvalue weighted by molar-refractivity contribution is -0.115. The van der Waals surface area contributed by atoms with Gasteiger partial charge in [-0.1, -0.05) is 16.7 Å². The molecule has 1 aliphatic rings. The molecule has 8 heteroatoms. The van der Waals surface area contributed by atoms with E-state index in [1.54, 1.807) is 24.3 Å². The van der Waals surface area contributed by atoms with Crippen LogP contribution in [0.1, 0.15) is 12.8 Å². The second-order valence-electron chi connectivity index (χ2n) is 5.09. The topological polar surface area (TPSA) is 113 Å². The van der Waals surface area contributed by atoms with Crippen molar-refractivity contribution in [3.63, 3.8) is 0 Å². The number of primary amides is 1. The van der Waals surface area contributed by atoms with Gasteiger partial charge in [-0.25, -0.2) is 4.79 Å². The highest BCUT2D eigenvalue weighted by Crippen LogP contribution is 2.35. The van der Waals surface area contributed by atoms with Gasteiger partial charge in [0.15, 0.2) is 5.66 Å². The number of carbonyl (C=O) groups is 2. The van der Waals surface area contributed by atoms with Crippen molar-refractivity contribution in [1.82, 2.24) is 10.6 Å². The largest absolute Gasteiger partial charge is 0.382 e. The quantitative estimate of drug-likeness (QED) is 0.591. The summed E-state index contributed by atoms with van der Waals surface area (Å²) in [7, 11) is -1.58. The summed E-state index contributed by atoms with van der Waals surface area (Å²) in [5.41, 5.74) is 5.58. The van der Waals surface area contributed by atoms with Gasteiger partial charge in [-0.2, -0.15) is 0 Å². The first-order chi connectivity index (χ1) is 10.6. The van der Waals surface area contributed by atoms with Gasteiger partial charge < -0.3 is 21.7 Å². The Hall–Kier alpha value is -1.98. The lowest BCUT2D eigenvalue weighted by atomic mass is 10.2. The first kappa shape index (κ1) is 16.4. The van der Waals surface area contributed by atoms with Crippen molar-refractivity contribution in [2.45, 2.75) is 18.5 Å². The standard InChI is InChI=1S/C14H19N4O3P/c15-14(20)17-9-13(19)18-11-3-1-2-4-12(11)22(21)10-5-7-16-8-6-10/h1-4,10,16H,5-9H2,(H3-,15,17,18,19,20,21)/p+1. The number of benzene rings is 1. The van der Waals surface area contributed by atoms with E-state index < -0.39 is 19.7 Å². The highest BCUT2D eigenvalue weighted by Gasteiger charge is 2.35. The van der Waals surface area contributed by atoms with Crippen LogP contribution in [0.4, 0.5) is 10.5 Å². The predicted octanol–water partition coefficient (Wildman–Crippen LogP) is 0.498. The summed E-state index contributed by atoms with van der Waals surface area (Å²) in [4.78, 5) is 22.4. The molecule has 0 spiro atoms. The molecule has 1 unspecified atom stereocenters. The molecule has 22 heavy (non-hydrogen) atoms. The first-order valence-corrected chi connectivity index (χ1v) is 8.50. The highest BCUT2D eigenvalue weighted by molar-refractivity contribution is 7.54. The van der Waals surface area contributed by atoms with E-state index in [4.69, 9.17) is 5.73 Å². The monoisotopic (exact) mass is 323 g/mol. The van der Waals surface area contributed by atoms with Crippen LogP contribution in [-0.4, -0.2) is 37.2 Å². The fourth-order valence-electron chi connectivity index (χ4n) is 2.37. The van der Waals surface area contributed by atoms with Crippen molar-refractivity contribution in [3.05, 3.63) is 24.3 Å². The molecule has 0 radical (unpaired) electrons. The highest BCUT2D eigenvalue weighted by atomic mass is 31.1. The van der Waals surface area contributed by atoms with Gasteiger partial charge in [-0.3, -0.25) is 4.79 Å². The average molecular weight is 323 g/mol. The minimum absolute atomic E-state index is 0.123. The van der Waals surface area contributed by atoms with E-state index in [0.717, 1.165) is 25.9 Å². The fourth-order valence-corrected chi connectivity index (χ4v) is 4.09. The average Bonchev–Trinajstić information content (AvgIpc) is 2.53. The molecule has 1 aliphatic heterocycles. The zero-order chi connectivity index (χ0) is 15.9. The predicted molar refractivity (Wildman–Crippen MR) is 85.8 cm³/mol. The molecule has 1 aromatic carbocycles. The molecule has 1 heterocycles. The van der Waals surface area contributed by atoms with Crippen molar-refractivity contribution >= 4 is 30.7 Å². The van der Waals surface area contributed by atoms with Crippen LogP contribution in [0.15, 0.2) is 24.3 Å². The summed E-state index contributed by atoms with van der Waals surface area (Å²) >= 11 is 0. The van der Waals surface area contributed by atoms with Crippen molar-refractivity contribution in [1.29, 1.82) is 0 Å². The van der Waals surface area contributed by atoms with Gasteiger partial charge in [-0.15, -0.1) is 0 Å². The molecule has 118 valence electrons. The molecule has 0 saturated carbocycles. The number of nitrogens with two attached hydrogens (primary N) is 1. The molecule has 1 fully saturated rings. The minimum atomic E-state index is -1.58. The molecule has 3 amide bonds. The maximum Gasteiger partial charge on any atom is 0.382 e. The Balaban J connectivity index is 2.07. The van der Waals surface area contributed by atoms with Gasteiger partial charge in [0.05, 0.1) is 12.2 Å². The first-order valence-electron chi connectivity index (χ1n) is 7.17. The van der Waals surface area contributed by atoms with Gasteiger partial charge >= 0.3 is 13.8 Å². The number of urea groups is 1. The third-order valence-corrected chi connectivity index (χ3v) is 5.52. The van der Waals surface area contributed by atoms with Crippen LogP contribution < -0.4 is 27.0 Å². The van der Waals surface area contributed by atoms with Gasteiger partial charge in [0.2, 0.25) is 11.2 Å². The van der Waals surface area contributed by atoms with Crippen molar-refractivity contribution < 1.29 is 14.2 Å². The van der Waals surface area contributed by atoms with Gasteiger partial charge in [-0.05, 0) is 25.2 Å². The number of para-hydroxylation sites is 1. The molecule has 1 atom stereocenters. The number of anilines is 1. The van der Waals surface area contributed by atoms with E-state index in [9.17, 15) is 14.2 Å². The summed E-state index contributed by atoms with van der Waals surface area (Å²) in [6, 6.07) is 6.31. The van der Waals surface area contributed by atoms with Gasteiger partial charge in [0, 0.05) is 12.8 Å². The van der Waals surface area contributed by atoms with Crippen LogP contribution in [0, 0.1) is 0 Å². The van der Waals surface area contributed by atoms with Crippen molar-refractivity contribution in [2.75, 3.05) is 25.0 Å². The molecule has 2 rings (SSSR count). The molecule has 0 bridgehead atoms. The molecule has 0 aliphatic carbocycles. The Bertz CT molecular complexity index is 573. The zero-order valence-corrected chi connectivity index (χ0v) is 13.1. The van der Waals surface area contributed by atoms with E-state index >= 15 is 0 Å². The van der Waals surface area contributed by atoms with Crippen molar-refractivity contribution in [2.24, 2.45) is 5.73 Å². The summed E-state index contributed by atoms with van der Waals surface area (Å²) in [6.45, 7) is 1.51. The zero-order valence-electron chi connectivity index (χ0n) is 12.2. The molecule has 1 aromatic rings. The lowest BCUT2D eigenvalue weighted by Gasteiger charge is -2.15. The smallest absolute Gasteiger partial charge is 0.352 e. The summed E-state index contributed by atoms with van der Waals surface area (Å²) in [6.07, 6.45) is 1.72. The number of hydrogen-bond acceptors (Lipinski definition) is 4. The Morgan fingerprint density at radius 2 is 1.95 bits per heavy atom. The van der Waals surface area contributed by atoms with Crippen LogP contribution in [0.3, 0.4) is 0 Å². The van der Waals surface area contributed by atoms with Gasteiger partial charge in [0.25, 0.3) is 0 Å². The Kier molecular flexibility index (Phi) is 5.86. The molecular formula is C14H20N4O3P+. The fraction of sp³-hybridized carbons (Fsp3) is 0.429. The normalized spacial score (nSPS) is 15.9. The number of hydrogen-bond donors (Lipinski definition) is 4. The van der Waals surface area contributed by atoms with Crippen LogP contribution in [0.25, 0.3) is 0 Å². The second kappa shape index (κ2) is 7.87. The summed E-state index contributed by atoms with van der Waals surface area (Å²) in [5, 5.41) is 8.80. The molecule has 0 aromatic heterocycles. The van der Waals surface area contributed by atoms with E-state index in [-0.39, 0.29) is 12.2 Å². The van der Waals surface area contributed by atoms with Crippen LogP contribution in [0.5, 0.6) is 0 Å². The van der Waals surface area contributed by atoms with Crippen LogP contribution >= 0.6 is 7.80 Å². The Labute approximate surface area is 129 Å². The summed E-state index contributed by atoms with van der Waals surface area (Å²) < 4.78 is 12.7. The molecule has 1 saturated heterocycles. The number of nitrogens with one attached hydrogen (secondary N) is 3. The third-order valence-electron chi connectivity index (χ3n) is 3.48. The summed E-state index contributed by atoms with van der Waals surface area (Å²) in [5.74, 6) is -0.403. The van der Waals surface area contributed by atoms with Crippen LogP contribution in [-0.2, 0) is 9.36 Å². The second-order valence-corrected chi connectivity index (χ2v) is 6.95. The maximum absolute atomic E-state index is 12.7. The minimum Gasteiger partial charge on any atom is -0.352 e. The van der Waals surface area contributed by atoms with E-state index in [0.29, 0.717) is 11.0 Å². The van der Waals surface area contributed by atoms with E-state index in [1.807, 2.05) is 0 Å². The molecule has 5 N–H and O–H groups in total. The lowest BCUT2D eigenvalue weighted by Crippen LogP contribution is -2.37. The van der Waals surface area contributed by atoms with Crippen molar-refractivity contribution in [3.8, 4) is 0 Å². The molecule has 7 nitrogen and oxygen atoms in total. The van der Waals surface area contributed by atoms with E-state index in [1.165, 1.54) is 0 Å². The van der Waals surface area contributed by atoms with Gasteiger partial charge in [0.1, 0.15) is 0 Å². The number of carbonyl (C=O) groups excluding carboxylic acids is 2. The Morgan fingerprint density at radius 1 is 1.27 bits per heavy atom. The number of rotatable bonds is 5. The maximum atomic E-state index is 12.7. The van der Waals surface area contributed by atoms with E-state index in [2.05, 4.69) is 16.0 Å². The third kappa shape index (κ3) is 4.51. The SMILES string of the molecule is NC(=O)NCC(=O)Nc1ccccc1[P+](=O)C1CCNCC1. The number of amides is 3. The Morgan fingerprint density at radius 3 is 2.64 bits per heavy atom. The molecular weight excluding hydrogens is 303 g/mol. The van der Waals surface area contributed by atoms with Crippen LogP contribution in [0.2, 0.25) is 0 Å². The number of piperidine rings is 1.